The van der Waals surface area contributed by atoms with Gasteiger partial charge >= 0.3 is 17.8 Å². The first kappa shape index (κ1) is 24.8. The Bertz CT molecular complexity index is 1300. The van der Waals surface area contributed by atoms with Crippen LogP contribution in [-0.2, 0) is 28.4 Å². The van der Waals surface area contributed by atoms with Gasteiger partial charge < -0.3 is 20.3 Å². The lowest BCUT2D eigenvalue weighted by Crippen LogP contribution is -2.44. The van der Waals surface area contributed by atoms with Crippen molar-refractivity contribution in [3.63, 3.8) is 0 Å². The molecule has 3 atom stereocenters. The number of fused-ring (bicyclic) bond motifs is 2. The predicted octanol–water partition coefficient (Wildman–Crippen LogP) is -0.639. The molecule has 2 aromatic rings. The fourth-order valence-corrected chi connectivity index (χ4v) is 4.67. The number of alkyl halides is 3. The van der Waals surface area contributed by atoms with Gasteiger partial charge in [-0.15, -0.1) is 0 Å². The molecule has 2 aromatic heterocycles. The van der Waals surface area contributed by atoms with Crippen LogP contribution in [0.4, 0.5) is 19.1 Å². The highest BCUT2D eigenvalue weighted by molar-refractivity contribution is 5.87. The first-order valence-corrected chi connectivity index (χ1v) is 11.1. The number of anilines is 1. The second-order valence-electron chi connectivity index (χ2n) is 9.05. The Labute approximate surface area is 196 Å². The van der Waals surface area contributed by atoms with Crippen molar-refractivity contribution in [2.24, 2.45) is 20.0 Å². The normalized spacial score (nSPS) is 21.0. The minimum atomic E-state index is -5.39. The SMILES string of the molecule is CC(C)NC(=O)C(OC(=O)C(F)(F)F)n1c(N2CCC3CNCC32)nc2c1c(=O)n(C)c(=O)n2C. The second kappa shape index (κ2) is 8.70. The molecule has 2 aliphatic rings. The molecule has 0 aliphatic carbocycles. The Kier molecular flexibility index (Phi) is 6.15. The number of hydrogen-bond acceptors (Lipinski definition) is 8. The van der Waals surface area contributed by atoms with Crippen LogP contribution in [0.1, 0.15) is 26.5 Å². The van der Waals surface area contributed by atoms with Crippen LogP contribution in [0.2, 0.25) is 0 Å². The molecular weight excluding hydrogens is 475 g/mol. The van der Waals surface area contributed by atoms with Crippen LogP contribution < -0.4 is 26.8 Å². The highest BCUT2D eigenvalue weighted by atomic mass is 19.4. The van der Waals surface area contributed by atoms with Gasteiger partial charge in [0.1, 0.15) is 0 Å². The molecule has 2 N–H and O–H groups in total. The Morgan fingerprint density at radius 1 is 1.17 bits per heavy atom. The molecular formula is C20H26F3N7O5. The average molecular weight is 501 g/mol. The number of amides is 1. The van der Waals surface area contributed by atoms with Crippen molar-refractivity contribution in [1.29, 1.82) is 0 Å². The molecule has 0 spiro atoms. The molecule has 192 valence electrons. The summed E-state index contributed by atoms with van der Waals surface area (Å²) in [6.07, 6.45) is -6.85. The second-order valence-corrected chi connectivity index (χ2v) is 9.05. The van der Waals surface area contributed by atoms with Crippen molar-refractivity contribution < 1.29 is 27.5 Å². The molecule has 35 heavy (non-hydrogen) atoms. The maximum atomic E-state index is 13.2. The van der Waals surface area contributed by atoms with Crippen LogP contribution >= 0.6 is 0 Å². The van der Waals surface area contributed by atoms with Crippen molar-refractivity contribution in [2.75, 3.05) is 24.5 Å². The van der Waals surface area contributed by atoms with Gasteiger partial charge in [-0.1, -0.05) is 0 Å². The summed E-state index contributed by atoms with van der Waals surface area (Å²) in [5.74, 6) is -3.49. The summed E-state index contributed by atoms with van der Waals surface area (Å²) >= 11 is 0. The molecule has 2 aliphatic heterocycles. The van der Waals surface area contributed by atoms with Gasteiger partial charge in [0.15, 0.2) is 11.2 Å². The van der Waals surface area contributed by atoms with E-state index < -0.39 is 41.6 Å². The standard InChI is InChI=1S/C20H26F3N7O5/c1-9(2)25-14(31)16(35-17(33)20(21,22)23)30-12-13(27(3)19(34)28(4)15(12)32)26-18(30)29-6-5-10-7-24-8-11(10)29/h9-11,16,24H,5-8H2,1-4H3,(H,25,31). The maximum absolute atomic E-state index is 13.2. The van der Waals surface area contributed by atoms with E-state index in [1.807, 2.05) is 0 Å². The van der Waals surface area contributed by atoms with Crippen molar-refractivity contribution in [2.45, 2.75) is 44.8 Å². The zero-order valence-corrected chi connectivity index (χ0v) is 19.5. The Morgan fingerprint density at radius 2 is 1.86 bits per heavy atom. The van der Waals surface area contributed by atoms with Crippen LogP contribution in [0.25, 0.3) is 11.2 Å². The number of nitrogens with one attached hydrogen (secondary N) is 2. The zero-order chi connectivity index (χ0) is 25.8. The Balaban J connectivity index is 2.00. The number of hydrogen-bond donors (Lipinski definition) is 2. The topological polar surface area (TPSA) is 132 Å². The summed E-state index contributed by atoms with van der Waals surface area (Å²) in [7, 11) is 2.54. The smallest absolute Gasteiger partial charge is 0.425 e. The van der Waals surface area contributed by atoms with Crippen molar-refractivity contribution in [1.82, 2.24) is 29.3 Å². The van der Waals surface area contributed by atoms with E-state index in [2.05, 4.69) is 20.4 Å². The number of ether oxygens (including phenoxy) is 1. The first-order chi connectivity index (χ1) is 16.3. The summed E-state index contributed by atoms with van der Waals surface area (Å²) in [5, 5.41) is 5.67. The third-order valence-corrected chi connectivity index (χ3v) is 6.31. The van der Waals surface area contributed by atoms with E-state index in [4.69, 9.17) is 0 Å². The van der Waals surface area contributed by atoms with E-state index in [9.17, 15) is 32.3 Å². The van der Waals surface area contributed by atoms with Crippen molar-refractivity contribution in [3.8, 4) is 0 Å². The average Bonchev–Trinajstić information content (AvgIpc) is 3.47. The van der Waals surface area contributed by atoms with Crippen LogP contribution in [0.15, 0.2) is 9.59 Å². The molecule has 0 saturated carbocycles. The van der Waals surface area contributed by atoms with Gasteiger partial charge in [-0.3, -0.25) is 23.3 Å². The third kappa shape index (κ3) is 4.17. The minimum absolute atomic E-state index is 0.0339. The first-order valence-electron chi connectivity index (χ1n) is 11.1. The van der Waals surface area contributed by atoms with Gasteiger partial charge in [0.05, 0.1) is 0 Å². The fourth-order valence-electron chi connectivity index (χ4n) is 4.67. The largest absolute Gasteiger partial charge is 0.491 e. The number of aryl methyl sites for hydroxylation is 1. The molecule has 0 bridgehead atoms. The molecule has 4 heterocycles. The lowest BCUT2D eigenvalue weighted by Gasteiger charge is -2.28. The molecule has 3 unspecified atom stereocenters. The number of imidazole rings is 1. The van der Waals surface area contributed by atoms with E-state index in [1.165, 1.54) is 14.1 Å². The molecule has 2 fully saturated rings. The summed E-state index contributed by atoms with van der Waals surface area (Å²) in [4.78, 5) is 56.8. The van der Waals surface area contributed by atoms with E-state index in [1.54, 1.807) is 18.7 Å². The van der Waals surface area contributed by atoms with E-state index in [-0.39, 0.29) is 29.1 Å². The van der Waals surface area contributed by atoms with Crippen LogP contribution in [-0.4, -0.2) is 68.5 Å². The predicted molar refractivity (Wildman–Crippen MR) is 117 cm³/mol. The van der Waals surface area contributed by atoms with E-state index in [0.717, 1.165) is 26.7 Å². The molecule has 12 nitrogen and oxygen atoms in total. The monoisotopic (exact) mass is 501 g/mol. The van der Waals surface area contributed by atoms with Gasteiger partial charge in [-0.25, -0.2) is 9.59 Å². The maximum Gasteiger partial charge on any atom is 0.491 e. The van der Waals surface area contributed by atoms with Gasteiger partial charge in [0.25, 0.3) is 17.7 Å². The molecule has 2 saturated heterocycles. The number of carbonyl (C=O) groups excluding carboxylic acids is 2. The third-order valence-electron chi connectivity index (χ3n) is 6.31. The Hall–Kier alpha value is -3.36. The fraction of sp³-hybridized carbons (Fsp3) is 0.650. The quantitative estimate of drug-likeness (QED) is 0.518. The van der Waals surface area contributed by atoms with E-state index >= 15 is 0 Å². The lowest BCUT2D eigenvalue weighted by atomic mass is 10.1. The van der Waals surface area contributed by atoms with Crippen LogP contribution in [0.3, 0.4) is 0 Å². The van der Waals surface area contributed by atoms with Gasteiger partial charge in [0.2, 0.25) is 5.95 Å². The summed E-state index contributed by atoms with van der Waals surface area (Å²) in [6.45, 7) is 4.87. The molecule has 4 rings (SSSR count). The number of esters is 1. The lowest BCUT2D eigenvalue weighted by molar-refractivity contribution is -0.209. The summed E-state index contributed by atoms with van der Waals surface area (Å²) in [5.41, 5.74) is -2.09. The van der Waals surface area contributed by atoms with Crippen LogP contribution in [0.5, 0.6) is 0 Å². The highest BCUT2D eigenvalue weighted by Crippen LogP contribution is 2.35. The zero-order valence-electron chi connectivity index (χ0n) is 19.5. The van der Waals surface area contributed by atoms with Gasteiger partial charge in [0, 0.05) is 45.8 Å². The van der Waals surface area contributed by atoms with Gasteiger partial charge in [-0.2, -0.15) is 18.2 Å². The van der Waals surface area contributed by atoms with E-state index in [0.29, 0.717) is 13.1 Å². The Morgan fingerprint density at radius 3 is 2.49 bits per heavy atom. The molecule has 1 amide bonds. The summed E-state index contributed by atoms with van der Waals surface area (Å²) < 4.78 is 46.9. The van der Waals surface area contributed by atoms with Crippen molar-refractivity contribution in [3.05, 3.63) is 20.8 Å². The van der Waals surface area contributed by atoms with Crippen molar-refractivity contribution >= 4 is 29.0 Å². The highest BCUT2D eigenvalue weighted by Gasteiger charge is 2.46. The van der Waals surface area contributed by atoms with Crippen LogP contribution in [0, 0.1) is 5.92 Å². The molecule has 15 heteroatoms. The summed E-state index contributed by atoms with van der Waals surface area (Å²) in [6, 6.07) is -0.631. The number of rotatable bonds is 5. The number of halogens is 3. The van der Waals surface area contributed by atoms with Gasteiger partial charge in [-0.05, 0) is 26.2 Å². The number of nitrogens with zero attached hydrogens (tertiary/aromatic N) is 5. The molecule has 0 radical (unpaired) electrons. The minimum Gasteiger partial charge on any atom is -0.425 e. The molecule has 0 aromatic carbocycles. The number of carbonyl (C=O) groups is 2. The number of aromatic nitrogens is 4.